The van der Waals surface area contributed by atoms with Crippen LogP contribution in [-0.2, 0) is 14.3 Å². The fraction of sp³-hybridized carbons (Fsp3) is 0.714. The Morgan fingerprint density at radius 2 is 2.06 bits per heavy atom. The van der Waals surface area contributed by atoms with Crippen LogP contribution >= 0.6 is 0 Å². The van der Waals surface area contributed by atoms with Crippen molar-refractivity contribution in [3.05, 3.63) is 43.0 Å². The molecule has 0 bridgehead atoms. The number of aryl methyl sites for hydroxylation is 1. The van der Waals surface area contributed by atoms with E-state index in [0.717, 1.165) is 17.9 Å². The largest absolute Gasteiger partial charge is 0.382 e. The highest BCUT2D eigenvalue weighted by Crippen LogP contribution is 2.40. The van der Waals surface area contributed by atoms with Gasteiger partial charge in [-0.05, 0) is 32.2 Å². The Morgan fingerprint density at radius 3 is 2.67 bits per heavy atom. The summed E-state index contributed by atoms with van der Waals surface area (Å²) in [5.74, 6) is -1.32. The number of azide groups is 1. The Balaban J connectivity index is 2.22. The van der Waals surface area contributed by atoms with Gasteiger partial charge in [-0.1, -0.05) is 31.8 Å². The van der Waals surface area contributed by atoms with Crippen LogP contribution in [0, 0.1) is 12.3 Å². The molecule has 1 aliphatic rings. The lowest BCUT2D eigenvalue weighted by Gasteiger charge is -2.33. The number of hydrogen-bond acceptors (Lipinski definition) is 8. The standard InChI is InChI=1S/C21H31N5O7/c1-12-11-26(19(31)24-18(12)30)14-10-21(32,13(2)27)17(33-14)15(28)16(29)20(3,4)8-6-5-7-9-23-25-22/h11,14-15,17,28,32H,5-10H2,1-4H3,(H,24,30,31)/t14-,15?,17-,21-/m1/s1. The molecule has 1 unspecified atom stereocenters. The van der Waals surface area contributed by atoms with Crippen molar-refractivity contribution < 1.29 is 24.5 Å². The number of aliphatic hydroxyl groups excluding tert-OH is 1. The molecular weight excluding hydrogens is 434 g/mol. The average Bonchev–Trinajstić information content (AvgIpc) is 3.10. The summed E-state index contributed by atoms with van der Waals surface area (Å²) < 4.78 is 6.73. The van der Waals surface area contributed by atoms with Gasteiger partial charge in [0.1, 0.15) is 18.4 Å². The van der Waals surface area contributed by atoms with Gasteiger partial charge in [0.15, 0.2) is 17.2 Å². The van der Waals surface area contributed by atoms with Crippen molar-refractivity contribution in [1.82, 2.24) is 9.55 Å². The summed E-state index contributed by atoms with van der Waals surface area (Å²) in [5, 5.41) is 25.4. The van der Waals surface area contributed by atoms with E-state index in [1.807, 2.05) is 0 Å². The summed E-state index contributed by atoms with van der Waals surface area (Å²) in [6, 6.07) is 0. The van der Waals surface area contributed by atoms with E-state index in [9.17, 15) is 29.4 Å². The zero-order valence-electron chi connectivity index (χ0n) is 19.3. The molecule has 2 rings (SSSR count). The van der Waals surface area contributed by atoms with Gasteiger partial charge in [0, 0.05) is 35.1 Å². The van der Waals surface area contributed by atoms with Crippen LogP contribution in [0.15, 0.2) is 20.9 Å². The molecule has 0 aromatic carbocycles. The van der Waals surface area contributed by atoms with Crippen molar-refractivity contribution >= 4 is 11.6 Å². The second-order valence-electron chi connectivity index (χ2n) is 9.13. The van der Waals surface area contributed by atoms with Crippen molar-refractivity contribution in [3.63, 3.8) is 0 Å². The van der Waals surface area contributed by atoms with Gasteiger partial charge in [0.2, 0.25) is 0 Å². The minimum atomic E-state index is -2.20. The van der Waals surface area contributed by atoms with E-state index in [1.165, 1.54) is 13.1 Å². The Morgan fingerprint density at radius 1 is 1.39 bits per heavy atom. The first-order valence-corrected chi connectivity index (χ1v) is 10.8. The molecule has 4 atom stereocenters. The van der Waals surface area contributed by atoms with Crippen LogP contribution in [0.1, 0.15) is 64.7 Å². The predicted molar refractivity (Wildman–Crippen MR) is 117 cm³/mol. The molecule has 12 heteroatoms. The summed E-state index contributed by atoms with van der Waals surface area (Å²) in [4.78, 5) is 54.1. The van der Waals surface area contributed by atoms with E-state index in [1.54, 1.807) is 13.8 Å². The van der Waals surface area contributed by atoms with Gasteiger partial charge in [-0.3, -0.25) is 23.9 Å². The third kappa shape index (κ3) is 5.77. The van der Waals surface area contributed by atoms with E-state index < -0.39 is 52.3 Å². The zero-order valence-corrected chi connectivity index (χ0v) is 19.3. The molecule has 12 nitrogen and oxygen atoms in total. The number of ether oxygens (including phenoxy) is 1. The van der Waals surface area contributed by atoms with E-state index in [0.29, 0.717) is 25.8 Å². The van der Waals surface area contributed by atoms with Gasteiger partial charge in [0.25, 0.3) is 5.56 Å². The van der Waals surface area contributed by atoms with Crippen molar-refractivity contribution in [3.8, 4) is 0 Å². The SMILES string of the molecule is CC(=O)[C@]1(O)C[C@H](n2cc(C)c(=O)[nH]c2=O)O[C@@H]1C(O)C(=O)C(C)(C)CCCCCN=[N+]=[N-]. The highest BCUT2D eigenvalue weighted by atomic mass is 16.6. The van der Waals surface area contributed by atoms with Crippen molar-refractivity contribution in [1.29, 1.82) is 0 Å². The molecule has 0 radical (unpaired) electrons. The number of carbonyl (C=O) groups is 2. The minimum Gasteiger partial charge on any atom is -0.382 e. The number of aromatic nitrogens is 2. The number of hydrogen-bond donors (Lipinski definition) is 3. The van der Waals surface area contributed by atoms with Crippen LogP contribution in [0.25, 0.3) is 10.4 Å². The predicted octanol–water partition coefficient (Wildman–Crippen LogP) is 1.28. The van der Waals surface area contributed by atoms with E-state index >= 15 is 0 Å². The number of aromatic amines is 1. The molecule has 33 heavy (non-hydrogen) atoms. The monoisotopic (exact) mass is 465 g/mol. The molecule has 1 fully saturated rings. The summed E-state index contributed by atoms with van der Waals surface area (Å²) >= 11 is 0. The smallest absolute Gasteiger partial charge is 0.330 e. The highest BCUT2D eigenvalue weighted by Gasteiger charge is 2.57. The summed E-state index contributed by atoms with van der Waals surface area (Å²) in [6.07, 6.45) is -1.25. The van der Waals surface area contributed by atoms with Crippen molar-refractivity contribution in [2.75, 3.05) is 6.54 Å². The number of unbranched alkanes of at least 4 members (excludes halogenated alkanes) is 2. The van der Waals surface area contributed by atoms with Crippen LogP contribution in [0.4, 0.5) is 0 Å². The maximum atomic E-state index is 13.1. The number of carbonyl (C=O) groups excluding carboxylic acids is 2. The average molecular weight is 466 g/mol. The Labute approximate surface area is 190 Å². The Kier molecular flexibility index (Phi) is 8.36. The van der Waals surface area contributed by atoms with Crippen LogP contribution in [0.2, 0.25) is 0 Å². The van der Waals surface area contributed by atoms with E-state index in [2.05, 4.69) is 15.0 Å². The van der Waals surface area contributed by atoms with E-state index in [-0.39, 0.29) is 12.0 Å². The highest BCUT2D eigenvalue weighted by molar-refractivity contribution is 5.92. The summed E-state index contributed by atoms with van der Waals surface area (Å²) in [7, 11) is 0. The van der Waals surface area contributed by atoms with Gasteiger partial charge in [-0.25, -0.2) is 4.79 Å². The summed E-state index contributed by atoms with van der Waals surface area (Å²) in [6.45, 7) is 6.26. The topological polar surface area (TPSA) is 187 Å². The molecule has 182 valence electrons. The second kappa shape index (κ2) is 10.4. The van der Waals surface area contributed by atoms with Crippen LogP contribution in [0.3, 0.4) is 0 Å². The molecule has 0 aliphatic carbocycles. The molecule has 0 saturated carbocycles. The maximum Gasteiger partial charge on any atom is 0.330 e. The lowest BCUT2D eigenvalue weighted by molar-refractivity contribution is -0.164. The number of aliphatic hydroxyl groups is 2. The quantitative estimate of drug-likeness (QED) is 0.190. The third-order valence-electron chi connectivity index (χ3n) is 6.17. The van der Waals surface area contributed by atoms with Gasteiger partial charge >= 0.3 is 5.69 Å². The Bertz CT molecular complexity index is 1060. The molecule has 1 aliphatic heterocycles. The number of nitrogens with zero attached hydrogens (tertiary/aromatic N) is 4. The number of rotatable bonds is 11. The number of ketones is 2. The number of Topliss-reactive ketones (excluding diaryl/α,β-unsaturated/α-hetero) is 2. The second-order valence-corrected chi connectivity index (χ2v) is 9.13. The normalized spacial score (nSPS) is 23.7. The Hall–Kier alpha value is -2.79. The van der Waals surface area contributed by atoms with Crippen LogP contribution in [0.5, 0.6) is 0 Å². The van der Waals surface area contributed by atoms with E-state index in [4.69, 9.17) is 10.3 Å². The molecule has 2 heterocycles. The molecule has 1 aromatic heterocycles. The lowest BCUT2D eigenvalue weighted by atomic mass is 9.76. The molecule has 1 saturated heterocycles. The van der Waals surface area contributed by atoms with Crippen molar-refractivity contribution in [2.24, 2.45) is 10.5 Å². The van der Waals surface area contributed by atoms with Gasteiger partial charge in [-0.15, -0.1) is 0 Å². The third-order valence-corrected chi connectivity index (χ3v) is 6.17. The van der Waals surface area contributed by atoms with Crippen LogP contribution in [-0.4, -0.2) is 55.7 Å². The molecule has 3 N–H and O–H groups in total. The fourth-order valence-corrected chi connectivity index (χ4v) is 3.99. The first-order chi connectivity index (χ1) is 15.3. The number of H-pyrrole nitrogens is 1. The molecule has 0 amide bonds. The fourth-order valence-electron chi connectivity index (χ4n) is 3.99. The molecule has 1 aromatic rings. The zero-order chi connectivity index (χ0) is 25.0. The van der Waals surface area contributed by atoms with Gasteiger partial charge < -0.3 is 14.9 Å². The molecule has 0 spiro atoms. The first kappa shape index (κ1) is 26.5. The van der Waals surface area contributed by atoms with Crippen LogP contribution < -0.4 is 11.2 Å². The lowest BCUT2D eigenvalue weighted by Crippen LogP contribution is -2.55. The molecular formula is C21H31N5O7. The summed E-state index contributed by atoms with van der Waals surface area (Å²) in [5.41, 5.74) is 3.95. The number of nitrogens with one attached hydrogen (secondary N) is 1. The minimum absolute atomic E-state index is 0.214. The maximum absolute atomic E-state index is 13.1. The first-order valence-electron chi connectivity index (χ1n) is 10.8. The van der Waals surface area contributed by atoms with Gasteiger partial charge in [-0.2, -0.15) is 0 Å². The van der Waals surface area contributed by atoms with Gasteiger partial charge in [0.05, 0.1) is 0 Å². The van der Waals surface area contributed by atoms with Crippen molar-refractivity contribution in [2.45, 2.75) is 83.8 Å².